The Labute approximate surface area is 135 Å². The van der Waals surface area contributed by atoms with Gasteiger partial charge in [0, 0.05) is 18.0 Å². The number of hydrogen-bond donors (Lipinski definition) is 1. The Bertz CT molecular complexity index is 718. The first kappa shape index (κ1) is 15.4. The summed E-state index contributed by atoms with van der Waals surface area (Å²) in [6, 6.07) is 16.5. The Morgan fingerprint density at radius 1 is 0.913 bits per heavy atom. The molecule has 4 nitrogen and oxygen atoms in total. The smallest absolute Gasteiger partial charge is 0.261 e. The second-order valence-electron chi connectivity index (χ2n) is 6.46. The maximum Gasteiger partial charge on any atom is 0.261 e. The molecular weight excluding hydrogens is 288 g/mol. The second-order valence-corrected chi connectivity index (χ2v) is 6.46. The predicted molar refractivity (Wildman–Crippen MR) is 89.3 cm³/mol. The van der Waals surface area contributed by atoms with Crippen molar-refractivity contribution in [1.82, 2.24) is 4.90 Å². The summed E-state index contributed by atoms with van der Waals surface area (Å²) in [5.74, 6) is -0.519. The van der Waals surface area contributed by atoms with Crippen molar-refractivity contribution in [3.8, 4) is 0 Å². The highest BCUT2D eigenvalue weighted by Gasteiger charge is 2.39. The summed E-state index contributed by atoms with van der Waals surface area (Å²) in [5.41, 5.74) is 8.03. The number of fused-ring (bicyclic) bond motifs is 1. The normalized spacial score (nSPS) is 15.7. The minimum Gasteiger partial charge on any atom is -0.325 e. The number of carbonyl (C=O) groups is 2. The largest absolute Gasteiger partial charge is 0.325 e. The Balaban J connectivity index is 1.83. The zero-order chi connectivity index (χ0) is 16.6. The molecule has 1 atom stereocenters. The fourth-order valence-corrected chi connectivity index (χ4v) is 2.91. The van der Waals surface area contributed by atoms with Crippen LogP contribution in [0.1, 0.15) is 40.1 Å². The van der Waals surface area contributed by atoms with E-state index in [2.05, 4.69) is 0 Å². The average Bonchev–Trinajstić information content (AvgIpc) is 2.81. The molecule has 0 saturated heterocycles. The number of nitrogens with two attached hydrogens (primary N) is 1. The van der Waals surface area contributed by atoms with Crippen molar-refractivity contribution in [3.63, 3.8) is 0 Å². The van der Waals surface area contributed by atoms with Gasteiger partial charge in [0.25, 0.3) is 11.8 Å². The number of hydrogen-bond acceptors (Lipinski definition) is 3. The first-order chi connectivity index (χ1) is 10.9. The number of benzene rings is 2. The summed E-state index contributed by atoms with van der Waals surface area (Å²) in [7, 11) is 0. The quantitative estimate of drug-likeness (QED) is 0.883. The molecule has 4 heteroatoms. The minimum atomic E-state index is -0.355. The molecule has 1 unspecified atom stereocenters. The molecule has 0 aliphatic carbocycles. The van der Waals surface area contributed by atoms with Gasteiger partial charge in [0.15, 0.2) is 0 Å². The molecule has 0 spiro atoms. The van der Waals surface area contributed by atoms with E-state index in [1.807, 2.05) is 44.2 Å². The van der Waals surface area contributed by atoms with Gasteiger partial charge in [0.2, 0.25) is 0 Å². The van der Waals surface area contributed by atoms with Gasteiger partial charge in [-0.15, -0.1) is 0 Å². The molecule has 23 heavy (non-hydrogen) atoms. The zero-order valence-electron chi connectivity index (χ0n) is 13.3. The highest BCUT2D eigenvalue weighted by atomic mass is 16.2. The van der Waals surface area contributed by atoms with Gasteiger partial charge in [-0.3, -0.25) is 14.5 Å². The number of carbonyl (C=O) groups excluding carboxylic acids is 2. The first-order valence-electron chi connectivity index (χ1n) is 7.69. The molecule has 3 rings (SSSR count). The SMILES string of the molecule is CC(C)(c1ccccc1)C(N)CN1C(=O)c2ccccc2C1=O. The summed E-state index contributed by atoms with van der Waals surface area (Å²) >= 11 is 0. The number of imide groups is 1. The van der Waals surface area contributed by atoms with Crippen molar-refractivity contribution in [2.75, 3.05) is 6.54 Å². The number of rotatable bonds is 4. The molecule has 0 radical (unpaired) electrons. The summed E-state index contributed by atoms with van der Waals surface area (Å²) in [6.07, 6.45) is 0. The molecule has 1 heterocycles. The third kappa shape index (κ3) is 2.55. The van der Waals surface area contributed by atoms with Gasteiger partial charge in [0.05, 0.1) is 11.1 Å². The van der Waals surface area contributed by atoms with E-state index >= 15 is 0 Å². The fourth-order valence-electron chi connectivity index (χ4n) is 2.91. The van der Waals surface area contributed by atoms with E-state index in [1.165, 1.54) is 4.90 Å². The Morgan fingerprint density at radius 2 is 1.39 bits per heavy atom. The molecule has 0 saturated carbocycles. The molecule has 1 aliphatic heterocycles. The lowest BCUT2D eigenvalue weighted by molar-refractivity contribution is 0.0633. The summed E-state index contributed by atoms with van der Waals surface area (Å²) in [5, 5.41) is 0. The zero-order valence-corrected chi connectivity index (χ0v) is 13.3. The number of nitrogens with zero attached hydrogens (tertiary/aromatic N) is 1. The number of amides is 2. The van der Waals surface area contributed by atoms with Crippen LogP contribution in [0.4, 0.5) is 0 Å². The van der Waals surface area contributed by atoms with Crippen LogP contribution in [0.2, 0.25) is 0 Å². The van der Waals surface area contributed by atoms with Gasteiger partial charge in [-0.05, 0) is 17.7 Å². The van der Waals surface area contributed by atoms with Crippen LogP contribution in [-0.2, 0) is 5.41 Å². The lowest BCUT2D eigenvalue weighted by Crippen LogP contribution is -2.50. The fraction of sp³-hybridized carbons (Fsp3) is 0.263. The Kier molecular flexibility index (Phi) is 3.78. The predicted octanol–water partition coefficient (Wildman–Crippen LogP) is 2.59. The van der Waals surface area contributed by atoms with E-state index in [1.54, 1.807) is 24.3 Å². The van der Waals surface area contributed by atoms with Crippen LogP contribution < -0.4 is 5.73 Å². The van der Waals surface area contributed by atoms with Crippen molar-refractivity contribution in [3.05, 3.63) is 71.3 Å². The van der Waals surface area contributed by atoms with Crippen LogP contribution in [0, 0.1) is 0 Å². The Morgan fingerprint density at radius 3 is 1.91 bits per heavy atom. The van der Waals surface area contributed by atoms with E-state index in [-0.39, 0.29) is 29.8 Å². The molecule has 0 aromatic heterocycles. The molecule has 2 aromatic rings. The molecule has 2 aromatic carbocycles. The maximum absolute atomic E-state index is 12.5. The molecule has 2 N–H and O–H groups in total. The highest BCUT2D eigenvalue weighted by Crippen LogP contribution is 2.29. The highest BCUT2D eigenvalue weighted by molar-refractivity contribution is 6.21. The van der Waals surface area contributed by atoms with E-state index in [0.29, 0.717) is 11.1 Å². The lowest BCUT2D eigenvalue weighted by atomic mass is 9.78. The summed E-state index contributed by atoms with van der Waals surface area (Å²) < 4.78 is 0. The van der Waals surface area contributed by atoms with Crippen LogP contribution in [0.25, 0.3) is 0 Å². The molecule has 1 aliphatic rings. The molecule has 0 fully saturated rings. The minimum absolute atomic E-state index is 0.203. The molecule has 0 bridgehead atoms. The third-order valence-corrected chi connectivity index (χ3v) is 4.70. The van der Waals surface area contributed by atoms with Gasteiger partial charge in [0.1, 0.15) is 0 Å². The van der Waals surface area contributed by atoms with Crippen LogP contribution >= 0.6 is 0 Å². The van der Waals surface area contributed by atoms with Gasteiger partial charge < -0.3 is 5.73 Å². The van der Waals surface area contributed by atoms with Crippen LogP contribution in [-0.4, -0.2) is 29.3 Å². The summed E-state index contributed by atoms with van der Waals surface area (Å²) in [4.78, 5) is 26.2. The van der Waals surface area contributed by atoms with Crippen LogP contribution in [0.5, 0.6) is 0 Å². The average molecular weight is 308 g/mol. The standard InChI is InChI=1S/C19H20N2O2/c1-19(2,13-8-4-3-5-9-13)16(20)12-21-17(22)14-10-6-7-11-15(14)18(21)23/h3-11,16H,12,20H2,1-2H3. The van der Waals surface area contributed by atoms with Crippen LogP contribution in [0.3, 0.4) is 0 Å². The van der Waals surface area contributed by atoms with Gasteiger partial charge in [-0.2, -0.15) is 0 Å². The van der Waals surface area contributed by atoms with E-state index in [9.17, 15) is 9.59 Å². The van der Waals surface area contributed by atoms with E-state index in [4.69, 9.17) is 5.73 Å². The monoisotopic (exact) mass is 308 g/mol. The van der Waals surface area contributed by atoms with Gasteiger partial charge >= 0.3 is 0 Å². The van der Waals surface area contributed by atoms with Crippen LogP contribution in [0.15, 0.2) is 54.6 Å². The molecule has 2 amide bonds. The molecular formula is C19H20N2O2. The Hall–Kier alpha value is -2.46. The van der Waals surface area contributed by atoms with Crippen molar-refractivity contribution in [1.29, 1.82) is 0 Å². The summed E-state index contributed by atoms with van der Waals surface area (Å²) in [6.45, 7) is 4.27. The molecule has 118 valence electrons. The maximum atomic E-state index is 12.5. The third-order valence-electron chi connectivity index (χ3n) is 4.70. The van der Waals surface area contributed by atoms with Crippen molar-refractivity contribution < 1.29 is 9.59 Å². The first-order valence-corrected chi connectivity index (χ1v) is 7.69. The van der Waals surface area contributed by atoms with Gasteiger partial charge in [-0.25, -0.2) is 0 Å². The van der Waals surface area contributed by atoms with Crippen molar-refractivity contribution in [2.24, 2.45) is 5.73 Å². The topological polar surface area (TPSA) is 63.4 Å². The van der Waals surface area contributed by atoms with Gasteiger partial charge in [-0.1, -0.05) is 56.3 Å². The van der Waals surface area contributed by atoms with E-state index in [0.717, 1.165) is 5.56 Å². The second kappa shape index (κ2) is 5.63. The van der Waals surface area contributed by atoms with E-state index < -0.39 is 0 Å². The van der Waals surface area contributed by atoms with Crippen molar-refractivity contribution >= 4 is 11.8 Å². The van der Waals surface area contributed by atoms with Crippen molar-refractivity contribution in [2.45, 2.75) is 25.3 Å². The lowest BCUT2D eigenvalue weighted by Gasteiger charge is -2.34.